The van der Waals surface area contributed by atoms with E-state index in [1.807, 2.05) is 13.0 Å². The highest BCUT2D eigenvalue weighted by atomic mass is 32.1. The molecular weight excluding hydrogens is 308 g/mol. The number of hydrogen-bond donors (Lipinski definition) is 2. The van der Waals surface area contributed by atoms with Crippen molar-refractivity contribution in [2.24, 2.45) is 0 Å². The quantitative estimate of drug-likeness (QED) is 0.752. The third-order valence-corrected chi connectivity index (χ3v) is 4.73. The smallest absolute Gasteiger partial charge is 0.255 e. The maximum Gasteiger partial charge on any atom is 0.255 e. The average molecular weight is 332 g/mol. The van der Waals surface area contributed by atoms with Crippen LogP contribution in [-0.4, -0.2) is 22.5 Å². The first-order valence-electron chi connectivity index (χ1n) is 7.99. The molecule has 0 aliphatic rings. The lowest BCUT2D eigenvalue weighted by atomic mass is 10.0. The highest BCUT2D eigenvalue weighted by molar-refractivity contribution is 7.09. The van der Waals surface area contributed by atoms with Gasteiger partial charge in [0.15, 0.2) is 0 Å². The molecule has 0 bridgehead atoms. The number of benzene rings is 1. The van der Waals surface area contributed by atoms with Gasteiger partial charge in [0.1, 0.15) is 5.75 Å². The molecule has 4 nitrogen and oxygen atoms in total. The van der Waals surface area contributed by atoms with E-state index >= 15 is 0 Å². The van der Waals surface area contributed by atoms with Crippen LogP contribution >= 0.6 is 11.3 Å². The number of amides is 1. The van der Waals surface area contributed by atoms with Crippen molar-refractivity contribution in [1.82, 2.24) is 10.3 Å². The van der Waals surface area contributed by atoms with Gasteiger partial charge in [-0.25, -0.2) is 4.98 Å². The van der Waals surface area contributed by atoms with Crippen molar-refractivity contribution in [3.8, 4) is 5.75 Å². The summed E-state index contributed by atoms with van der Waals surface area (Å²) < 4.78 is 0. The van der Waals surface area contributed by atoms with Crippen LogP contribution < -0.4 is 5.32 Å². The Balaban J connectivity index is 1.76. The predicted octanol–water partition coefficient (Wildman–Crippen LogP) is 4.03. The maximum absolute atomic E-state index is 12.1. The molecule has 2 rings (SSSR count). The van der Waals surface area contributed by atoms with Gasteiger partial charge in [0.2, 0.25) is 0 Å². The van der Waals surface area contributed by atoms with Crippen LogP contribution in [0.2, 0.25) is 0 Å². The molecule has 2 aromatic rings. The minimum absolute atomic E-state index is 0.0481. The van der Waals surface area contributed by atoms with Gasteiger partial charge >= 0.3 is 0 Å². The van der Waals surface area contributed by atoms with E-state index in [2.05, 4.69) is 29.5 Å². The summed E-state index contributed by atoms with van der Waals surface area (Å²) in [5.74, 6) is 0.155. The SMILES string of the molecule is Cc1csc(CCCCNC(=O)c2ccc(C(C)C)cc2O)n1. The highest BCUT2D eigenvalue weighted by Gasteiger charge is 2.12. The van der Waals surface area contributed by atoms with Crippen LogP contribution in [0.5, 0.6) is 5.75 Å². The van der Waals surface area contributed by atoms with Crippen LogP contribution in [0.15, 0.2) is 23.6 Å². The lowest BCUT2D eigenvalue weighted by molar-refractivity contribution is 0.0950. The molecule has 0 fully saturated rings. The van der Waals surface area contributed by atoms with E-state index in [-0.39, 0.29) is 11.7 Å². The largest absolute Gasteiger partial charge is 0.507 e. The molecule has 1 amide bonds. The van der Waals surface area contributed by atoms with Crippen LogP contribution in [0.3, 0.4) is 0 Å². The average Bonchev–Trinajstić information content (AvgIpc) is 2.92. The molecule has 0 aliphatic carbocycles. The summed E-state index contributed by atoms with van der Waals surface area (Å²) in [6, 6.07) is 5.26. The Bertz CT molecular complexity index is 665. The van der Waals surface area contributed by atoms with Crippen LogP contribution in [0.4, 0.5) is 0 Å². The molecule has 0 saturated heterocycles. The molecule has 23 heavy (non-hydrogen) atoms. The number of aromatic hydroxyl groups is 1. The minimum atomic E-state index is -0.220. The fourth-order valence-corrected chi connectivity index (χ4v) is 3.13. The van der Waals surface area contributed by atoms with Gasteiger partial charge in [-0.3, -0.25) is 4.79 Å². The third-order valence-electron chi connectivity index (χ3n) is 3.70. The summed E-state index contributed by atoms with van der Waals surface area (Å²) in [4.78, 5) is 16.5. The van der Waals surface area contributed by atoms with Gasteiger partial charge in [-0.15, -0.1) is 11.3 Å². The zero-order chi connectivity index (χ0) is 16.8. The van der Waals surface area contributed by atoms with Gasteiger partial charge in [0.25, 0.3) is 5.91 Å². The van der Waals surface area contributed by atoms with Crippen LogP contribution in [0.1, 0.15) is 59.2 Å². The number of unbranched alkanes of at least 4 members (excludes halogenated alkanes) is 1. The number of hydrogen-bond acceptors (Lipinski definition) is 4. The standard InChI is InChI=1S/C18H24N2O2S/c1-12(2)14-7-8-15(16(21)10-14)18(22)19-9-5-4-6-17-20-13(3)11-23-17/h7-8,10-12,21H,4-6,9H2,1-3H3,(H,19,22). The first-order valence-corrected chi connectivity index (χ1v) is 8.87. The number of thiazole rings is 1. The molecule has 0 aliphatic heterocycles. The fourth-order valence-electron chi connectivity index (χ4n) is 2.32. The molecule has 1 heterocycles. The summed E-state index contributed by atoms with van der Waals surface area (Å²) in [6.07, 6.45) is 2.84. The second kappa shape index (κ2) is 8.11. The number of phenolic OH excluding ortho intramolecular Hbond substituents is 1. The summed E-state index contributed by atoms with van der Waals surface area (Å²) in [7, 11) is 0. The topological polar surface area (TPSA) is 62.2 Å². The van der Waals surface area contributed by atoms with Crippen LogP contribution in [0.25, 0.3) is 0 Å². The van der Waals surface area contributed by atoms with Gasteiger partial charge in [0.05, 0.1) is 10.6 Å². The van der Waals surface area contributed by atoms with Crippen molar-refractivity contribution in [2.45, 2.75) is 46.0 Å². The Hall–Kier alpha value is -1.88. The zero-order valence-electron chi connectivity index (χ0n) is 13.9. The molecule has 0 unspecified atom stereocenters. The molecule has 1 aromatic heterocycles. The zero-order valence-corrected chi connectivity index (χ0v) is 14.7. The number of nitrogens with one attached hydrogen (secondary N) is 1. The molecule has 5 heteroatoms. The second-order valence-electron chi connectivity index (χ2n) is 6.03. The van der Waals surface area contributed by atoms with Gasteiger partial charge in [0, 0.05) is 17.6 Å². The Morgan fingerprint density at radius 3 is 2.74 bits per heavy atom. The number of carbonyl (C=O) groups excluding carboxylic acids is 1. The molecule has 0 saturated carbocycles. The van der Waals surface area contributed by atoms with Crippen LogP contribution in [0, 0.1) is 6.92 Å². The summed E-state index contributed by atoms with van der Waals surface area (Å²) in [5, 5.41) is 16.1. The normalized spacial score (nSPS) is 11.0. The van der Waals surface area contributed by atoms with E-state index in [1.165, 1.54) is 0 Å². The van der Waals surface area contributed by atoms with Crippen molar-refractivity contribution in [3.05, 3.63) is 45.4 Å². The van der Waals surface area contributed by atoms with E-state index in [0.717, 1.165) is 35.5 Å². The van der Waals surface area contributed by atoms with Crippen molar-refractivity contribution >= 4 is 17.2 Å². The molecule has 0 radical (unpaired) electrons. The number of aromatic nitrogens is 1. The molecule has 124 valence electrons. The van der Waals surface area contributed by atoms with E-state index in [4.69, 9.17) is 0 Å². The molecule has 0 atom stereocenters. The van der Waals surface area contributed by atoms with E-state index < -0.39 is 0 Å². The van der Waals surface area contributed by atoms with Gasteiger partial charge < -0.3 is 10.4 Å². The number of phenols is 1. The fraction of sp³-hybridized carbons (Fsp3) is 0.444. The van der Waals surface area contributed by atoms with Crippen molar-refractivity contribution < 1.29 is 9.90 Å². The third kappa shape index (κ3) is 5.06. The summed E-state index contributed by atoms with van der Waals surface area (Å²) >= 11 is 1.68. The Morgan fingerprint density at radius 1 is 1.35 bits per heavy atom. The van der Waals surface area contributed by atoms with Gasteiger partial charge in [-0.1, -0.05) is 19.9 Å². The molecular formula is C18H24N2O2S. The van der Waals surface area contributed by atoms with E-state index in [1.54, 1.807) is 23.5 Å². The Labute approximate surface area is 141 Å². The van der Waals surface area contributed by atoms with Crippen LogP contribution in [-0.2, 0) is 6.42 Å². The summed E-state index contributed by atoms with van der Waals surface area (Å²) in [5.41, 5.74) is 2.43. The number of aryl methyl sites for hydroxylation is 2. The number of nitrogens with zero attached hydrogens (tertiary/aromatic N) is 1. The first kappa shape index (κ1) is 17.5. The minimum Gasteiger partial charge on any atom is -0.507 e. The molecule has 1 aromatic carbocycles. The highest BCUT2D eigenvalue weighted by Crippen LogP contribution is 2.23. The predicted molar refractivity (Wildman–Crippen MR) is 94.3 cm³/mol. The molecule has 0 spiro atoms. The Kier molecular flexibility index (Phi) is 6.16. The summed E-state index contributed by atoms with van der Waals surface area (Å²) in [6.45, 7) is 6.71. The van der Waals surface area contributed by atoms with E-state index in [9.17, 15) is 9.90 Å². The van der Waals surface area contributed by atoms with Gasteiger partial charge in [-0.05, 0) is 49.8 Å². The Morgan fingerprint density at radius 2 is 2.13 bits per heavy atom. The van der Waals surface area contributed by atoms with Crippen molar-refractivity contribution in [2.75, 3.05) is 6.54 Å². The number of carbonyl (C=O) groups is 1. The second-order valence-corrected chi connectivity index (χ2v) is 6.97. The van der Waals surface area contributed by atoms with Gasteiger partial charge in [-0.2, -0.15) is 0 Å². The van der Waals surface area contributed by atoms with Crippen molar-refractivity contribution in [3.63, 3.8) is 0 Å². The lowest BCUT2D eigenvalue weighted by Crippen LogP contribution is -2.24. The maximum atomic E-state index is 12.1. The number of rotatable bonds is 7. The van der Waals surface area contributed by atoms with Crippen molar-refractivity contribution in [1.29, 1.82) is 0 Å². The van der Waals surface area contributed by atoms with E-state index in [0.29, 0.717) is 18.0 Å². The molecule has 2 N–H and O–H groups in total. The first-order chi connectivity index (χ1) is 11.0. The monoisotopic (exact) mass is 332 g/mol. The lowest BCUT2D eigenvalue weighted by Gasteiger charge is -2.10.